The van der Waals surface area contributed by atoms with Gasteiger partial charge in [0.15, 0.2) is 17.0 Å². The first-order valence-electron chi connectivity index (χ1n) is 9.70. The third-order valence-electron chi connectivity index (χ3n) is 5.20. The van der Waals surface area contributed by atoms with Gasteiger partial charge in [0, 0.05) is 24.7 Å². The standard InChI is InChI=1S/C22H20N4O3/c27-21(18-13-20(29-25-18)15-7-2-1-3-8-15)23-14-16-9-6-12-26(16)22-24-17-10-4-5-11-19(17)28-22/h1-5,7-8,10-11,13,16H,6,9,12,14H2,(H,23,27). The van der Waals surface area contributed by atoms with Crippen molar-refractivity contribution in [2.24, 2.45) is 0 Å². The summed E-state index contributed by atoms with van der Waals surface area (Å²) in [7, 11) is 0. The van der Waals surface area contributed by atoms with Crippen LogP contribution < -0.4 is 10.2 Å². The number of hydrogen-bond acceptors (Lipinski definition) is 6. The fourth-order valence-electron chi connectivity index (χ4n) is 3.70. The molecule has 1 unspecified atom stereocenters. The lowest BCUT2D eigenvalue weighted by Crippen LogP contribution is -2.40. The van der Waals surface area contributed by atoms with Crippen LogP contribution in [0.3, 0.4) is 0 Å². The average molecular weight is 388 g/mol. The number of para-hydroxylation sites is 2. The summed E-state index contributed by atoms with van der Waals surface area (Å²) >= 11 is 0. The van der Waals surface area contributed by atoms with E-state index in [0.29, 0.717) is 18.3 Å². The fourth-order valence-corrected chi connectivity index (χ4v) is 3.70. The van der Waals surface area contributed by atoms with E-state index < -0.39 is 0 Å². The lowest BCUT2D eigenvalue weighted by molar-refractivity contribution is 0.0942. The van der Waals surface area contributed by atoms with Crippen LogP contribution in [0.2, 0.25) is 0 Å². The molecule has 2 aromatic heterocycles. The first-order chi connectivity index (χ1) is 14.3. The Kier molecular flexibility index (Phi) is 4.48. The Morgan fingerprint density at radius 1 is 1.14 bits per heavy atom. The molecular weight excluding hydrogens is 368 g/mol. The molecule has 0 spiro atoms. The first-order valence-corrected chi connectivity index (χ1v) is 9.70. The van der Waals surface area contributed by atoms with Crippen LogP contribution in [0.1, 0.15) is 23.3 Å². The lowest BCUT2D eigenvalue weighted by atomic mass is 10.1. The van der Waals surface area contributed by atoms with Crippen molar-refractivity contribution in [2.45, 2.75) is 18.9 Å². The number of oxazole rings is 1. The molecule has 4 aromatic rings. The summed E-state index contributed by atoms with van der Waals surface area (Å²) in [5.41, 5.74) is 2.77. The second-order valence-electron chi connectivity index (χ2n) is 7.11. The van der Waals surface area contributed by atoms with Gasteiger partial charge in [-0.05, 0) is 25.0 Å². The topological polar surface area (TPSA) is 84.4 Å². The summed E-state index contributed by atoms with van der Waals surface area (Å²) in [6, 6.07) is 19.7. The number of carbonyl (C=O) groups is 1. The molecule has 1 aliphatic rings. The summed E-state index contributed by atoms with van der Waals surface area (Å²) < 4.78 is 11.2. The number of anilines is 1. The quantitative estimate of drug-likeness (QED) is 0.558. The molecule has 2 aromatic carbocycles. The number of fused-ring (bicyclic) bond motifs is 1. The van der Waals surface area contributed by atoms with Crippen LogP contribution in [0.25, 0.3) is 22.4 Å². The summed E-state index contributed by atoms with van der Waals surface area (Å²) in [6.45, 7) is 1.35. The van der Waals surface area contributed by atoms with E-state index in [0.717, 1.165) is 36.0 Å². The molecule has 1 N–H and O–H groups in total. The van der Waals surface area contributed by atoms with Gasteiger partial charge in [-0.3, -0.25) is 4.79 Å². The zero-order valence-corrected chi connectivity index (χ0v) is 15.7. The maximum atomic E-state index is 12.5. The molecule has 0 radical (unpaired) electrons. The summed E-state index contributed by atoms with van der Waals surface area (Å²) in [5, 5.41) is 6.88. The predicted octanol–water partition coefficient (Wildman–Crippen LogP) is 3.88. The number of carbonyl (C=O) groups excluding carboxylic acids is 1. The number of rotatable bonds is 5. The number of amides is 1. The van der Waals surface area contributed by atoms with Crippen LogP contribution in [0.4, 0.5) is 6.01 Å². The zero-order chi connectivity index (χ0) is 19.6. The molecule has 1 amide bonds. The lowest BCUT2D eigenvalue weighted by Gasteiger charge is -2.22. The van der Waals surface area contributed by atoms with E-state index in [1.54, 1.807) is 6.07 Å². The summed E-state index contributed by atoms with van der Waals surface area (Å²) in [5.74, 6) is 0.324. The third-order valence-corrected chi connectivity index (χ3v) is 5.20. The highest BCUT2D eigenvalue weighted by molar-refractivity contribution is 5.93. The highest BCUT2D eigenvalue weighted by Gasteiger charge is 2.29. The molecule has 3 heterocycles. The Bertz CT molecular complexity index is 1100. The van der Waals surface area contributed by atoms with E-state index >= 15 is 0 Å². The Morgan fingerprint density at radius 2 is 1.97 bits per heavy atom. The van der Waals surface area contributed by atoms with Crippen molar-refractivity contribution in [1.82, 2.24) is 15.5 Å². The maximum absolute atomic E-state index is 12.5. The van der Waals surface area contributed by atoms with Gasteiger partial charge in [0.25, 0.3) is 11.9 Å². The van der Waals surface area contributed by atoms with E-state index in [2.05, 4.69) is 20.4 Å². The molecule has 1 aliphatic heterocycles. The van der Waals surface area contributed by atoms with Crippen LogP contribution in [0, 0.1) is 0 Å². The van der Waals surface area contributed by atoms with Gasteiger partial charge in [0.05, 0.1) is 6.04 Å². The van der Waals surface area contributed by atoms with Crippen LogP contribution in [0.15, 0.2) is 69.6 Å². The molecule has 29 heavy (non-hydrogen) atoms. The molecule has 1 saturated heterocycles. The highest BCUT2D eigenvalue weighted by Crippen LogP contribution is 2.28. The molecule has 0 aliphatic carbocycles. The normalized spacial score (nSPS) is 16.4. The summed E-state index contributed by atoms with van der Waals surface area (Å²) in [4.78, 5) is 19.2. The highest BCUT2D eigenvalue weighted by atomic mass is 16.5. The van der Waals surface area contributed by atoms with Crippen molar-refractivity contribution in [2.75, 3.05) is 18.0 Å². The molecule has 5 rings (SSSR count). The maximum Gasteiger partial charge on any atom is 0.298 e. The number of hydrogen-bond donors (Lipinski definition) is 1. The predicted molar refractivity (Wildman–Crippen MR) is 109 cm³/mol. The molecule has 1 fully saturated rings. The van der Waals surface area contributed by atoms with Crippen LogP contribution in [-0.2, 0) is 0 Å². The first kappa shape index (κ1) is 17.5. The van der Waals surface area contributed by atoms with E-state index in [4.69, 9.17) is 8.94 Å². The van der Waals surface area contributed by atoms with Gasteiger partial charge in [-0.15, -0.1) is 0 Å². The minimum absolute atomic E-state index is 0.132. The van der Waals surface area contributed by atoms with Gasteiger partial charge in [-0.2, -0.15) is 4.98 Å². The van der Waals surface area contributed by atoms with E-state index in [1.807, 2.05) is 54.6 Å². The van der Waals surface area contributed by atoms with E-state index in [-0.39, 0.29) is 17.6 Å². The molecule has 7 heteroatoms. The van der Waals surface area contributed by atoms with Crippen molar-refractivity contribution in [3.8, 4) is 11.3 Å². The van der Waals surface area contributed by atoms with Crippen molar-refractivity contribution in [3.05, 3.63) is 66.4 Å². The molecule has 1 atom stereocenters. The molecule has 7 nitrogen and oxygen atoms in total. The summed E-state index contributed by atoms with van der Waals surface area (Å²) in [6.07, 6.45) is 1.99. The minimum atomic E-state index is -0.250. The van der Waals surface area contributed by atoms with Gasteiger partial charge in [-0.1, -0.05) is 47.6 Å². The third kappa shape index (κ3) is 3.47. The Morgan fingerprint density at radius 3 is 2.83 bits per heavy atom. The van der Waals surface area contributed by atoms with Crippen LogP contribution >= 0.6 is 0 Å². The van der Waals surface area contributed by atoms with Crippen molar-refractivity contribution < 1.29 is 13.7 Å². The van der Waals surface area contributed by atoms with Crippen LogP contribution in [-0.4, -0.2) is 35.2 Å². The van der Waals surface area contributed by atoms with Gasteiger partial charge in [0.1, 0.15) is 5.52 Å². The Balaban J connectivity index is 1.25. The van der Waals surface area contributed by atoms with Gasteiger partial charge >= 0.3 is 0 Å². The molecule has 0 saturated carbocycles. The number of benzene rings is 2. The van der Waals surface area contributed by atoms with Crippen molar-refractivity contribution >= 4 is 23.0 Å². The average Bonchev–Trinajstić information content (AvgIpc) is 3.51. The van der Waals surface area contributed by atoms with Gasteiger partial charge < -0.3 is 19.2 Å². The zero-order valence-electron chi connectivity index (χ0n) is 15.7. The monoisotopic (exact) mass is 388 g/mol. The molecular formula is C22H20N4O3. The smallest absolute Gasteiger partial charge is 0.298 e. The fraction of sp³-hybridized carbons (Fsp3) is 0.227. The van der Waals surface area contributed by atoms with E-state index in [1.165, 1.54) is 0 Å². The Hall–Kier alpha value is -3.61. The molecule has 0 bridgehead atoms. The number of nitrogens with zero attached hydrogens (tertiary/aromatic N) is 3. The Labute approximate surface area is 167 Å². The van der Waals surface area contributed by atoms with Crippen molar-refractivity contribution in [1.29, 1.82) is 0 Å². The van der Waals surface area contributed by atoms with Gasteiger partial charge in [-0.25, -0.2) is 0 Å². The second kappa shape index (κ2) is 7.43. The largest absolute Gasteiger partial charge is 0.423 e. The number of aromatic nitrogens is 2. The van der Waals surface area contributed by atoms with E-state index in [9.17, 15) is 4.79 Å². The SMILES string of the molecule is O=C(NCC1CCCN1c1nc2ccccc2o1)c1cc(-c2ccccc2)on1. The van der Waals surface area contributed by atoms with Crippen molar-refractivity contribution in [3.63, 3.8) is 0 Å². The molecule has 146 valence electrons. The second-order valence-corrected chi connectivity index (χ2v) is 7.11. The van der Waals surface area contributed by atoms with Gasteiger partial charge in [0.2, 0.25) is 0 Å². The number of nitrogens with one attached hydrogen (secondary N) is 1. The minimum Gasteiger partial charge on any atom is -0.423 e. The van der Waals surface area contributed by atoms with Crippen LogP contribution in [0.5, 0.6) is 0 Å².